The van der Waals surface area contributed by atoms with E-state index in [-0.39, 0.29) is 12.4 Å². The maximum atomic E-state index is 12.3. The minimum Gasteiger partial charge on any atom is -0.462 e. The summed E-state index contributed by atoms with van der Waals surface area (Å²) >= 11 is 0. The molecule has 0 fully saturated rings. The lowest BCUT2D eigenvalue weighted by molar-refractivity contribution is -0.136. The van der Waals surface area contributed by atoms with Crippen molar-refractivity contribution in [3.63, 3.8) is 0 Å². The van der Waals surface area contributed by atoms with Crippen molar-refractivity contribution in [1.29, 1.82) is 0 Å². The van der Waals surface area contributed by atoms with E-state index in [0.29, 0.717) is 11.3 Å². The van der Waals surface area contributed by atoms with Crippen LogP contribution in [0.5, 0.6) is 0 Å². The predicted molar refractivity (Wildman–Crippen MR) is 93.2 cm³/mol. The van der Waals surface area contributed by atoms with E-state index in [0.717, 1.165) is 22.5 Å². The molecule has 4 heteroatoms. The van der Waals surface area contributed by atoms with Crippen LogP contribution in [0, 0.1) is 34.6 Å². The van der Waals surface area contributed by atoms with E-state index >= 15 is 0 Å². The van der Waals surface area contributed by atoms with Crippen molar-refractivity contribution >= 4 is 17.8 Å². The summed E-state index contributed by atoms with van der Waals surface area (Å²) in [6.45, 7) is 9.46. The third kappa shape index (κ3) is 4.02. The first-order valence-corrected chi connectivity index (χ1v) is 7.81. The van der Waals surface area contributed by atoms with Gasteiger partial charge in [-0.1, -0.05) is 0 Å². The van der Waals surface area contributed by atoms with Gasteiger partial charge in [0.15, 0.2) is 6.61 Å². The third-order valence-electron chi connectivity index (χ3n) is 4.27. The molecule has 2 aromatic rings. The fourth-order valence-electron chi connectivity index (χ4n) is 2.46. The number of ketones is 1. The van der Waals surface area contributed by atoms with Gasteiger partial charge in [0.1, 0.15) is 11.5 Å². The molecular weight excluding hydrogens is 304 g/mol. The van der Waals surface area contributed by atoms with Crippen molar-refractivity contribution < 1.29 is 18.7 Å². The first-order valence-electron chi connectivity index (χ1n) is 7.81. The monoisotopic (exact) mass is 326 g/mol. The molecule has 0 aliphatic heterocycles. The van der Waals surface area contributed by atoms with Gasteiger partial charge in [0.25, 0.3) is 0 Å². The number of furan rings is 1. The molecule has 0 bridgehead atoms. The Bertz CT molecular complexity index is 809. The van der Waals surface area contributed by atoms with Gasteiger partial charge in [-0.3, -0.25) is 4.79 Å². The number of carbonyl (C=O) groups excluding carboxylic acids is 2. The number of rotatable bonds is 5. The number of ether oxygens (including phenoxy) is 1. The molecule has 24 heavy (non-hydrogen) atoms. The molecule has 0 saturated carbocycles. The smallest absolute Gasteiger partial charge is 0.331 e. The predicted octanol–water partition coefficient (Wildman–Crippen LogP) is 4.26. The van der Waals surface area contributed by atoms with Crippen molar-refractivity contribution in [1.82, 2.24) is 0 Å². The number of esters is 1. The zero-order valence-electron chi connectivity index (χ0n) is 14.7. The van der Waals surface area contributed by atoms with Gasteiger partial charge < -0.3 is 9.15 Å². The first kappa shape index (κ1) is 17.7. The Hall–Kier alpha value is -2.62. The second-order valence-corrected chi connectivity index (χ2v) is 5.93. The van der Waals surface area contributed by atoms with Crippen molar-refractivity contribution in [2.24, 2.45) is 0 Å². The van der Waals surface area contributed by atoms with E-state index in [1.54, 1.807) is 12.1 Å². The summed E-state index contributed by atoms with van der Waals surface area (Å²) in [7, 11) is 0. The van der Waals surface area contributed by atoms with Gasteiger partial charge >= 0.3 is 5.97 Å². The van der Waals surface area contributed by atoms with Crippen LogP contribution in [-0.2, 0) is 9.53 Å². The van der Waals surface area contributed by atoms with Gasteiger partial charge in [-0.25, -0.2) is 4.79 Å². The Kier molecular flexibility index (Phi) is 5.39. The standard InChI is InChI=1S/C20H22O4/c1-12-10-18(16(5)15(4)14(12)3)19(21)11-23-20(22)9-8-17-7-6-13(2)24-17/h6-10H,11H2,1-5H3/b9-8+. The average molecular weight is 326 g/mol. The van der Waals surface area contributed by atoms with Crippen LogP contribution in [0.4, 0.5) is 0 Å². The van der Waals surface area contributed by atoms with Crippen molar-refractivity contribution in [3.05, 3.63) is 63.6 Å². The maximum absolute atomic E-state index is 12.3. The van der Waals surface area contributed by atoms with Crippen LogP contribution in [-0.4, -0.2) is 18.4 Å². The second kappa shape index (κ2) is 7.30. The summed E-state index contributed by atoms with van der Waals surface area (Å²) in [6.07, 6.45) is 2.77. The number of carbonyl (C=O) groups is 2. The quantitative estimate of drug-likeness (QED) is 0.468. The number of benzene rings is 1. The van der Waals surface area contributed by atoms with E-state index in [1.807, 2.05) is 40.7 Å². The molecule has 4 nitrogen and oxygen atoms in total. The lowest BCUT2D eigenvalue weighted by Crippen LogP contribution is -2.15. The molecule has 126 valence electrons. The highest BCUT2D eigenvalue weighted by molar-refractivity contribution is 6.00. The van der Waals surface area contributed by atoms with E-state index in [1.165, 1.54) is 17.7 Å². The lowest BCUT2D eigenvalue weighted by Gasteiger charge is -2.13. The SMILES string of the molecule is Cc1ccc(/C=C/C(=O)OCC(=O)c2cc(C)c(C)c(C)c2C)o1. The van der Waals surface area contributed by atoms with Crippen LogP contribution >= 0.6 is 0 Å². The summed E-state index contributed by atoms with van der Waals surface area (Å²) in [4.78, 5) is 24.1. The Labute approximate surface area is 142 Å². The zero-order valence-corrected chi connectivity index (χ0v) is 14.7. The molecule has 0 radical (unpaired) electrons. The molecule has 0 unspecified atom stereocenters. The molecule has 0 spiro atoms. The topological polar surface area (TPSA) is 56.5 Å². The van der Waals surface area contributed by atoms with Crippen LogP contribution in [0.2, 0.25) is 0 Å². The highest BCUT2D eigenvalue weighted by atomic mass is 16.5. The molecule has 2 rings (SSSR count). The summed E-state index contributed by atoms with van der Waals surface area (Å²) in [5.74, 6) is 0.556. The molecule has 0 saturated heterocycles. The number of Topliss-reactive ketones (excluding diaryl/α,β-unsaturated/α-hetero) is 1. The van der Waals surface area contributed by atoms with Crippen LogP contribution in [0.3, 0.4) is 0 Å². The van der Waals surface area contributed by atoms with E-state index < -0.39 is 5.97 Å². The van der Waals surface area contributed by atoms with Crippen LogP contribution in [0.25, 0.3) is 6.08 Å². The largest absolute Gasteiger partial charge is 0.462 e. The fourth-order valence-corrected chi connectivity index (χ4v) is 2.46. The third-order valence-corrected chi connectivity index (χ3v) is 4.27. The Morgan fingerprint density at radius 2 is 1.75 bits per heavy atom. The van der Waals surface area contributed by atoms with E-state index in [4.69, 9.17) is 9.15 Å². The summed E-state index contributed by atoms with van der Waals surface area (Å²) in [5.41, 5.74) is 4.87. The molecule has 1 heterocycles. The van der Waals surface area contributed by atoms with Crippen molar-refractivity contribution in [2.75, 3.05) is 6.61 Å². The molecule has 0 aliphatic carbocycles. The minimum atomic E-state index is -0.574. The maximum Gasteiger partial charge on any atom is 0.331 e. The fraction of sp³-hybridized carbons (Fsp3) is 0.300. The number of aryl methyl sites for hydroxylation is 2. The van der Waals surface area contributed by atoms with Gasteiger partial charge in [0.05, 0.1) is 0 Å². The van der Waals surface area contributed by atoms with Crippen LogP contribution in [0.1, 0.15) is 44.1 Å². The van der Waals surface area contributed by atoms with E-state index in [9.17, 15) is 9.59 Å². The van der Waals surface area contributed by atoms with Gasteiger partial charge in [0.2, 0.25) is 5.78 Å². The number of hydrogen-bond acceptors (Lipinski definition) is 4. The highest BCUT2D eigenvalue weighted by Crippen LogP contribution is 2.21. The molecule has 0 aliphatic rings. The molecule has 1 aromatic carbocycles. The van der Waals surface area contributed by atoms with Gasteiger partial charge in [0, 0.05) is 11.6 Å². The Balaban J connectivity index is 2.00. The number of hydrogen-bond donors (Lipinski definition) is 0. The highest BCUT2D eigenvalue weighted by Gasteiger charge is 2.15. The summed E-state index contributed by atoms with van der Waals surface area (Å²) in [5, 5.41) is 0. The van der Waals surface area contributed by atoms with Crippen molar-refractivity contribution in [2.45, 2.75) is 34.6 Å². The van der Waals surface area contributed by atoms with Gasteiger partial charge in [-0.05, 0) is 81.1 Å². The molecule has 0 amide bonds. The second-order valence-electron chi connectivity index (χ2n) is 5.93. The first-order chi connectivity index (χ1) is 11.3. The zero-order chi connectivity index (χ0) is 17.9. The average Bonchev–Trinajstić information content (AvgIpc) is 2.97. The van der Waals surface area contributed by atoms with Gasteiger partial charge in [-0.15, -0.1) is 0 Å². The van der Waals surface area contributed by atoms with Crippen LogP contribution < -0.4 is 0 Å². The Morgan fingerprint density at radius 3 is 2.38 bits per heavy atom. The van der Waals surface area contributed by atoms with E-state index in [2.05, 4.69) is 0 Å². The normalized spacial score (nSPS) is 11.0. The molecule has 0 N–H and O–H groups in total. The van der Waals surface area contributed by atoms with Crippen LogP contribution in [0.15, 0.2) is 28.7 Å². The van der Waals surface area contributed by atoms with Crippen molar-refractivity contribution in [3.8, 4) is 0 Å². The van der Waals surface area contributed by atoms with Gasteiger partial charge in [-0.2, -0.15) is 0 Å². The molecule has 0 atom stereocenters. The molecular formula is C20H22O4. The summed E-state index contributed by atoms with van der Waals surface area (Å²) in [6, 6.07) is 5.42. The summed E-state index contributed by atoms with van der Waals surface area (Å²) < 4.78 is 10.4. The Morgan fingerprint density at radius 1 is 1.04 bits per heavy atom. The lowest BCUT2D eigenvalue weighted by atomic mass is 9.93. The minimum absolute atomic E-state index is 0.200. The molecule has 1 aromatic heterocycles.